The molecule has 3 heteroatoms. The summed E-state index contributed by atoms with van der Waals surface area (Å²) < 4.78 is 0. The lowest BCUT2D eigenvalue weighted by Crippen LogP contribution is -2.26. The molecular formula is C15H14N2O. The topological polar surface area (TPSA) is 33.2 Å². The third-order valence-electron chi connectivity index (χ3n) is 3.27. The third-order valence-corrected chi connectivity index (χ3v) is 3.27. The van der Waals surface area contributed by atoms with Crippen LogP contribution in [0.25, 0.3) is 0 Å². The van der Waals surface area contributed by atoms with Crippen molar-refractivity contribution < 1.29 is 4.79 Å². The molecule has 0 N–H and O–H groups in total. The fourth-order valence-electron chi connectivity index (χ4n) is 2.30. The van der Waals surface area contributed by atoms with Crippen molar-refractivity contribution >= 4 is 5.91 Å². The van der Waals surface area contributed by atoms with Gasteiger partial charge in [0.1, 0.15) is 0 Å². The Balaban J connectivity index is 1.70. The molecule has 0 saturated carbocycles. The van der Waals surface area contributed by atoms with Gasteiger partial charge >= 0.3 is 0 Å². The molecule has 3 nitrogen and oxygen atoms in total. The van der Waals surface area contributed by atoms with E-state index in [0.29, 0.717) is 6.42 Å². The van der Waals surface area contributed by atoms with Gasteiger partial charge in [0, 0.05) is 25.5 Å². The first kappa shape index (κ1) is 11.0. The van der Waals surface area contributed by atoms with Crippen molar-refractivity contribution in [3.63, 3.8) is 0 Å². The number of carbonyl (C=O) groups excluding carboxylic acids is 1. The molecule has 1 aliphatic rings. The van der Waals surface area contributed by atoms with Crippen LogP contribution in [0.3, 0.4) is 0 Å². The Morgan fingerprint density at radius 1 is 1.11 bits per heavy atom. The fraction of sp³-hybridized carbons (Fsp3) is 0.200. The van der Waals surface area contributed by atoms with Crippen molar-refractivity contribution in [2.45, 2.75) is 19.5 Å². The van der Waals surface area contributed by atoms with E-state index in [1.54, 1.807) is 12.4 Å². The van der Waals surface area contributed by atoms with E-state index >= 15 is 0 Å². The number of hydrogen-bond acceptors (Lipinski definition) is 2. The lowest BCUT2D eigenvalue weighted by Gasteiger charge is -2.15. The smallest absolute Gasteiger partial charge is 0.227 e. The number of carbonyl (C=O) groups is 1. The molecule has 0 atom stereocenters. The minimum Gasteiger partial charge on any atom is -0.334 e. The molecule has 1 aromatic carbocycles. The van der Waals surface area contributed by atoms with Gasteiger partial charge in [0.25, 0.3) is 0 Å². The van der Waals surface area contributed by atoms with Crippen LogP contribution in [0, 0.1) is 0 Å². The molecule has 1 aromatic heterocycles. The third kappa shape index (κ3) is 2.12. The maximum absolute atomic E-state index is 12.2. The van der Waals surface area contributed by atoms with Crippen molar-refractivity contribution in [1.29, 1.82) is 0 Å². The van der Waals surface area contributed by atoms with Gasteiger partial charge in [-0.1, -0.05) is 30.3 Å². The van der Waals surface area contributed by atoms with Crippen LogP contribution in [-0.4, -0.2) is 15.8 Å². The highest BCUT2D eigenvalue weighted by atomic mass is 16.2. The minimum atomic E-state index is 0.166. The number of aromatic nitrogens is 1. The first-order chi connectivity index (χ1) is 8.83. The predicted molar refractivity (Wildman–Crippen MR) is 68.6 cm³/mol. The first-order valence-electron chi connectivity index (χ1n) is 6.06. The zero-order valence-electron chi connectivity index (χ0n) is 10.0. The van der Waals surface area contributed by atoms with E-state index in [1.165, 1.54) is 11.1 Å². The largest absolute Gasteiger partial charge is 0.334 e. The number of fused-ring (bicyclic) bond motifs is 1. The Labute approximate surface area is 106 Å². The summed E-state index contributed by atoms with van der Waals surface area (Å²) in [4.78, 5) is 18.1. The maximum atomic E-state index is 12.2. The van der Waals surface area contributed by atoms with E-state index < -0.39 is 0 Å². The van der Waals surface area contributed by atoms with Gasteiger partial charge in [-0.15, -0.1) is 0 Å². The highest BCUT2D eigenvalue weighted by Crippen LogP contribution is 2.22. The van der Waals surface area contributed by atoms with Crippen LogP contribution in [0.5, 0.6) is 0 Å². The summed E-state index contributed by atoms with van der Waals surface area (Å²) in [7, 11) is 0. The first-order valence-corrected chi connectivity index (χ1v) is 6.06. The monoisotopic (exact) mass is 238 g/mol. The van der Waals surface area contributed by atoms with Crippen LogP contribution < -0.4 is 0 Å². The van der Waals surface area contributed by atoms with Gasteiger partial charge in [-0.2, -0.15) is 0 Å². The van der Waals surface area contributed by atoms with Crippen LogP contribution in [-0.2, 0) is 24.3 Å². The van der Waals surface area contributed by atoms with Crippen molar-refractivity contribution in [1.82, 2.24) is 9.88 Å². The molecule has 0 bridgehead atoms. The van der Waals surface area contributed by atoms with Gasteiger partial charge in [-0.3, -0.25) is 9.78 Å². The molecule has 1 aliphatic heterocycles. The van der Waals surface area contributed by atoms with Gasteiger partial charge in [-0.25, -0.2) is 0 Å². The quantitative estimate of drug-likeness (QED) is 0.803. The van der Waals surface area contributed by atoms with E-state index in [9.17, 15) is 4.79 Å². The van der Waals surface area contributed by atoms with E-state index in [1.807, 2.05) is 29.2 Å². The summed E-state index contributed by atoms with van der Waals surface area (Å²) in [6.45, 7) is 1.46. The Morgan fingerprint density at radius 3 is 2.44 bits per heavy atom. The highest BCUT2D eigenvalue weighted by molar-refractivity contribution is 5.79. The zero-order valence-corrected chi connectivity index (χ0v) is 10.0. The zero-order chi connectivity index (χ0) is 12.4. The number of pyridine rings is 1. The number of nitrogens with zero attached hydrogens (tertiary/aromatic N) is 2. The average molecular weight is 238 g/mol. The molecular weight excluding hydrogens is 224 g/mol. The molecule has 0 aliphatic carbocycles. The van der Waals surface area contributed by atoms with E-state index in [4.69, 9.17) is 0 Å². The van der Waals surface area contributed by atoms with Crippen LogP contribution in [0.2, 0.25) is 0 Å². The summed E-state index contributed by atoms with van der Waals surface area (Å²) in [5, 5.41) is 0. The summed E-state index contributed by atoms with van der Waals surface area (Å²) in [5.41, 5.74) is 3.49. The fourth-order valence-corrected chi connectivity index (χ4v) is 2.30. The summed E-state index contributed by atoms with van der Waals surface area (Å²) >= 11 is 0. The number of rotatable bonds is 2. The van der Waals surface area contributed by atoms with Gasteiger partial charge in [0.2, 0.25) is 5.91 Å². The predicted octanol–water partition coefficient (Wildman–Crippen LogP) is 2.17. The molecule has 3 rings (SSSR count). The Morgan fingerprint density at radius 2 is 1.83 bits per heavy atom. The lowest BCUT2D eigenvalue weighted by atomic mass is 10.1. The van der Waals surface area contributed by atoms with Gasteiger partial charge in [0.15, 0.2) is 0 Å². The normalized spacial score (nSPS) is 13.4. The molecule has 1 amide bonds. The Bertz CT molecular complexity index is 541. The second-order valence-electron chi connectivity index (χ2n) is 4.56. The highest BCUT2D eigenvalue weighted by Gasteiger charge is 2.22. The van der Waals surface area contributed by atoms with E-state index in [0.717, 1.165) is 18.7 Å². The van der Waals surface area contributed by atoms with Crippen molar-refractivity contribution in [3.8, 4) is 0 Å². The SMILES string of the molecule is O=C(Cc1cccnc1)N1Cc2ccccc2C1. The number of amides is 1. The maximum Gasteiger partial charge on any atom is 0.227 e. The number of hydrogen-bond donors (Lipinski definition) is 0. The van der Waals surface area contributed by atoms with Crippen LogP contribution in [0.1, 0.15) is 16.7 Å². The second kappa shape index (κ2) is 4.61. The van der Waals surface area contributed by atoms with Crippen LogP contribution in [0.15, 0.2) is 48.8 Å². The molecule has 2 heterocycles. The molecule has 0 fully saturated rings. The molecule has 0 saturated heterocycles. The average Bonchev–Trinajstić information content (AvgIpc) is 2.84. The minimum absolute atomic E-state index is 0.166. The van der Waals surface area contributed by atoms with Crippen molar-refractivity contribution in [2.75, 3.05) is 0 Å². The Kier molecular flexibility index (Phi) is 2.81. The van der Waals surface area contributed by atoms with Crippen molar-refractivity contribution in [3.05, 3.63) is 65.5 Å². The molecule has 0 unspecified atom stereocenters. The molecule has 2 aromatic rings. The molecule has 0 spiro atoms. The molecule has 0 radical (unpaired) electrons. The lowest BCUT2D eigenvalue weighted by molar-refractivity contribution is -0.131. The summed E-state index contributed by atoms with van der Waals surface area (Å²) in [5.74, 6) is 0.166. The number of benzene rings is 1. The summed E-state index contributed by atoms with van der Waals surface area (Å²) in [6, 6.07) is 12.0. The summed E-state index contributed by atoms with van der Waals surface area (Å²) in [6.07, 6.45) is 3.91. The van der Waals surface area contributed by atoms with Crippen LogP contribution in [0.4, 0.5) is 0 Å². The van der Waals surface area contributed by atoms with Gasteiger partial charge < -0.3 is 4.90 Å². The van der Waals surface area contributed by atoms with E-state index in [-0.39, 0.29) is 5.91 Å². The molecule has 90 valence electrons. The van der Waals surface area contributed by atoms with E-state index in [2.05, 4.69) is 17.1 Å². The van der Waals surface area contributed by atoms with Crippen LogP contribution >= 0.6 is 0 Å². The van der Waals surface area contributed by atoms with Gasteiger partial charge in [0.05, 0.1) is 6.42 Å². The Hall–Kier alpha value is -2.16. The second-order valence-corrected chi connectivity index (χ2v) is 4.56. The molecule has 18 heavy (non-hydrogen) atoms. The van der Waals surface area contributed by atoms with Gasteiger partial charge in [-0.05, 0) is 22.8 Å². The van der Waals surface area contributed by atoms with Crippen molar-refractivity contribution in [2.24, 2.45) is 0 Å². The standard InChI is InChI=1S/C15H14N2O/c18-15(8-12-4-3-7-16-9-12)17-10-13-5-1-2-6-14(13)11-17/h1-7,9H,8,10-11H2.